The van der Waals surface area contributed by atoms with Crippen LogP contribution in [-0.2, 0) is 4.74 Å². The highest BCUT2D eigenvalue weighted by Crippen LogP contribution is 2.34. The smallest absolute Gasteiger partial charge is 0.125 e. The monoisotopic (exact) mass is 264 g/mol. The Hall–Kier alpha value is -1.26. The van der Waals surface area contributed by atoms with Crippen molar-refractivity contribution in [3.05, 3.63) is 23.8 Å². The van der Waals surface area contributed by atoms with Crippen LogP contribution >= 0.6 is 0 Å². The van der Waals surface area contributed by atoms with E-state index in [9.17, 15) is 0 Å². The molecule has 0 radical (unpaired) electrons. The molecule has 4 nitrogen and oxygen atoms in total. The van der Waals surface area contributed by atoms with Gasteiger partial charge in [-0.05, 0) is 32.9 Å². The largest absolute Gasteiger partial charge is 0.496 e. The van der Waals surface area contributed by atoms with Gasteiger partial charge in [0.25, 0.3) is 0 Å². The molecule has 4 heteroatoms. The van der Waals surface area contributed by atoms with Crippen LogP contribution in [0.4, 0.5) is 5.69 Å². The third kappa shape index (κ3) is 3.01. The van der Waals surface area contributed by atoms with Crippen molar-refractivity contribution in [3.8, 4) is 5.75 Å². The number of nitrogens with zero attached hydrogens (tertiary/aromatic N) is 1. The van der Waals surface area contributed by atoms with Gasteiger partial charge in [-0.1, -0.05) is 6.07 Å². The first-order valence-corrected chi connectivity index (χ1v) is 6.85. The summed E-state index contributed by atoms with van der Waals surface area (Å²) in [5, 5.41) is 0. The van der Waals surface area contributed by atoms with Crippen molar-refractivity contribution in [2.75, 3.05) is 25.1 Å². The summed E-state index contributed by atoms with van der Waals surface area (Å²) in [5.74, 6) is 0.860. The highest BCUT2D eigenvalue weighted by Gasteiger charge is 2.25. The van der Waals surface area contributed by atoms with Crippen molar-refractivity contribution < 1.29 is 9.47 Å². The molecule has 0 bridgehead atoms. The fraction of sp³-hybridized carbons (Fsp3) is 0.600. The summed E-state index contributed by atoms with van der Waals surface area (Å²) >= 11 is 0. The highest BCUT2D eigenvalue weighted by molar-refractivity contribution is 5.61. The number of nitrogens with two attached hydrogens (primary N) is 1. The Kier molecular flexibility index (Phi) is 4.32. The molecule has 0 aliphatic carbocycles. The molecule has 1 saturated heterocycles. The van der Waals surface area contributed by atoms with E-state index in [-0.39, 0.29) is 18.2 Å². The van der Waals surface area contributed by atoms with Crippen LogP contribution in [0, 0.1) is 0 Å². The van der Waals surface area contributed by atoms with Gasteiger partial charge in [0, 0.05) is 30.4 Å². The molecule has 106 valence electrons. The maximum atomic E-state index is 6.13. The fourth-order valence-electron chi connectivity index (χ4n) is 2.82. The van der Waals surface area contributed by atoms with Gasteiger partial charge >= 0.3 is 0 Å². The lowest BCUT2D eigenvalue weighted by atomic mass is 10.0. The van der Waals surface area contributed by atoms with Gasteiger partial charge in [-0.15, -0.1) is 0 Å². The van der Waals surface area contributed by atoms with Crippen molar-refractivity contribution in [1.29, 1.82) is 0 Å². The molecule has 0 aromatic heterocycles. The van der Waals surface area contributed by atoms with Crippen LogP contribution in [0.5, 0.6) is 5.75 Å². The Morgan fingerprint density at radius 2 is 1.95 bits per heavy atom. The van der Waals surface area contributed by atoms with Gasteiger partial charge in [0.2, 0.25) is 0 Å². The third-order valence-corrected chi connectivity index (χ3v) is 3.48. The van der Waals surface area contributed by atoms with E-state index in [4.69, 9.17) is 15.2 Å². The van der Waals surface area contributed by atoms with Crippen LogP contribution < -0.4 is 15.4 Å². The van der Waals surface area contributed by atoms with E-state index in [0.29, 0.717) is 0 Å². The molecule has 0 saturated carbocycles. The van der Waals surface area contributed by atoms with Gasteiger partial charge in [0.15, 0.2) is 0 Å². The zero-order valence-corrected chi connectivity index (χ0v) is 12.2. The molecular weight excluding hydrogens is 240 g/mol. The lowest BCUT2D eigenvalue weighted by Gasteiger charge is -2.38. The van der Waals surface area contributed by atoms with Crippen molar-refractivity contribution in [2.45, 2.75) is 39.0 Å². The predicted molar refractivity (Wildman–Crippen MR) is 77.8 cm³/mol. The van der Waals surface area contributed by atoms with E-state index in [1.165, 1.54) is 0 Å². The molecule has 0 amide bonds. The average molecular weight is 264 g/mol. The highest BCUT2D eigenvalue weighted by atomic mass is 16.5. The van der Waals surface area contributed by atoms with Crippen LogP contribution in [0.1, 0.15) is 32.4 Å². The molecule has 2 N–H and O–H groups in total. The first-order chi connectivity index (χ1) is 9.02. The molecule has 2 rings (SSSR count). The lowest BCUT2D eigenvalue weighted by molar-refractivity contribution is -0.00529. The van der Waals surface area contributed by atoms with E-state index in [1.54, 1.807) is 7.11 Å². The van der Waals surface area contributed by atoms with Gasteiger partial charge in [0.05, 0.1) is 19.3 Å². The standard InChI is InChI=1S/C15H24N2O2/c1-10-8-17(9-11(2)19-10)13-6-5-7-14(18-4)15(13)12(3)16/h5-7,10-12H,8-9,16H2,1-4H3/t10-,11+,12?. The van der Waals surface area contributed by atoms with Gasteiger partial charge in [-0.2, -0.15) is 0 Å². The zero-order chi connectivity index (χ0) is 14.0. The van der Waals surface area contributed by atoms with Crippen LogP contribution in [-0.4, -0.2) is 32.4 Å². The molecule has 1 aromatic rings. The number of methoxy groups -OCH3 is 1. The number of morpholine rings is 1. The maximum absolute atomic E-state index is 6.13. The van der Waals surface area contributed by atoms with E-state index in [2.05, 4.69) is 24.8 Å². The van der Waals surface area contributed by atoms with Crippen LogP contribution in [0.15, 0.2) is 18.2 Å². The SMILES string of the molecule is COc1cccc(N2C[C@@H](C)O[C@@H](C)C2)c1C(C)N. The second kappa shape index (κ2) is 5.80. The molecule has 0 spiro atoms. The molecule has 1 aromatic carbocycles. The van der Waals surface area contributed by atoms with E-state index < -0.39 is 0 Å². The Morgan fingerprint density at radius 1 is 1.32 bits per heavy atom. The minimum atomic E-state index is -0.0559. The second-order valence-electron chi connectivity index (χ2n) is 5.34. The Morgan fingerprint density at radius 3 is 2.47 bits per heavy atom. The number of rotatable bonds is 3. The van der Waals surface area contributed by atoms with E-state index >= 15 is 0 Å². The van der Waals surface area contributed by atoms with Gasteiger partial charge in [-0.3, -0.25) is 0 Å². The summed E-state index contributed by atoms with van der Waals surface area (Å²) in [6.07, 6.45) is 0.465. The minimum absolute atomic E-state index is 0.0559. The van der Waals surface area contributed by atoms with Gasteiger partial charge in [-0.25, -0.2) is 0 Å². The van der Waals surface area contributed by atoms with Crippen LogP contribution in [0.2, 0.25) is 0 Å². The number of anilines is 1. The van der Waals surface area contributed by atoms with Crippen molar-refractivity contribution >= 4 is 5.69 Å². The van der Waals surface area contributed by atoms with E-state index in [1.807, 2.05) is 19.1 Å². The fourth-order valence-corrected chi connectivity index (χ4v) is 2.82. The quantitative estimate of drug-likeness (QED) is 0.910. The number of hydrogen-bond donors (Lipinski definition) is 1. The predicted octanol–water partition coefficient (Wildman–Crippen LogP) is 2.33. The van der Waals surface area contributed by atoms with E-state index in [0.717, 1.165) is 30.1 Å². The molecule has 19 heavy (non-hydrogen) atoms. The number of hydrogen-bond acceptors (Lipinski definition) is 4. The minimum Gasteiger partial charge on any atom is -0.496 e. The van der Waals surface area contributed by atoms with Gasteiger partial charge < -0.3 is 20.1 Å². The van der Waals surface area contributed by atoms with Crippen LogP contribution in [0.3, 0.4) is 0 Å². The number of benzene rings is 1. The first kappa shape index (κ1) is 14.2. The Bertz CT molecular complexity index is 424. The molecule has 1 aliphatic heterocycles. The topological polar surface area (TPSA) is 47.7 Å². The van der Waals surface area contributed by atoms with Crippen LogP contribution in [0.25, 0.3) is 0 Å². The molecular formula is C15H24N2O2. The summed E-state index contributed by atoms with van der Waals surface area (Å²) in [5.41, 5.74) is 8.37. The Labute approximate surface area is 115 Å². The average Bonchev–Trinajstić information content (AvgIpc) is 2.36. The summed E-state index contributed by atoms with van der Waals surface area (Å²) in [6, 6.07) is 6.05. The first-order valence-electron chi connectivity index (χ1n) is 6.85. The third-order valence-electron chi connectivity index (χ3n) is 3.48. The lowest BCUT2D eigenvalue weighted by Crippen LogP contribution is -2.46. The maximum Gasteiger partial charge on any atom is 0.125 e. The van der Waals surface area contributed by atoms with Crippen molar-refractivity contribution in [2.24, 2.45) is 5.73 Å². The van der Waals surface area contributed by atoms with Gasteiger partial charge in [0.1, 0.15) is 5.75 Å². The molecule has 1 aliphatic rings. The van der Waals surface area contributed by atoms with Crippen molar-refractivity contribution in [3.63, 3.8) is 0 Å². The number of ether oxygens (including phenoxy) is 2. The Balaban J connectivity index is 2.38. The zero-order valence-electron chi connectivity index (χ0n) is 12.2. The molecule has 3 atom stereocenters. The van der Waals surface area contributed by atoms with Crippen molar-refractivity contribution in [1.82, 2.24) is 0 Å². The summed E-state index contributed by atoms with van der Waals surface area (Å²) < 4.78 is 11.2. The normalized spacial score (nSPS) is 25.2. The second-order valence-corrected chi connectivity index (χ2v) is 5.34. The molecule has 1 unspecified atom stereocenters. The summed E-state index contributed by atoms with van der Waals surface area (Å²) in [6.45, 7) is 7.98. The molecule has 1 fully saturated rings. The molecule has 1 heterocycles. The summed E-state index contributed by atoms with van der Waals surface area (Å²) in [7, 11) is 1.69. The summed E-state index contributed by atoms with van der Waals surface area (Å²) in [4.78, 5) is 2.35.